The first-order valence-corrected chi connectivity index (χ1v) is 7.14. The SMILES string of the molecule is C=Cc1ccc(S(=O)(=O)CC)c(C(=O)OCC)n1. The lowest BCUT2D eigenvalue weighted by Gasteiger charge is -2.08. The molecule has 0 saturated heterocycles. The molecule has 6 heteroatoms. The fourth-order valence-corrected chi connectivity index (χ4v) is 2.34. The van der Waals surface area contributed by atoms with Crippen molar-refractivity contribution in [2.45, 2.75) is 18.7 Å². The molecular weight excluding hydrogens is 254 g/mol. The number of ether oxygens (including phenoxy) is 1. The number of carbonyl (C=O) groups excluding carboxylic acids is 1. The molecule has 1 rings (SSSR count). The van der Waals surface area contributed by atoms with Crippen LogP contribution in [0.25, 0.3) is 6.08 Å². The summed E-state index contributed by atoms with van der Waals surface area (Å²) in [5, 5.41) is 0. The molecule has 0 fully saturated rings. The lowest BCUT2D eigenvalue weighted by molar-refractivity contribution is 0.0514. The third-order valence-electron chi connectivity index (χ3n) is 2.27. The van der Waals surface area contributed by atoms with Gasteiger partial charge in [-0.05, 0) is 25.1 Å². The average molecular weight is 269 g/mol. The number of hydrogen-bond donors (Lipinski definition) is 0. The van der Waals surface area contributed by atoms with Gasteiger partial charge in [0.05, 0.1) is 18.1 Å². The monoisotopic (exact) mass is 269 g/mol. The second-order valence-electron chi connectivity index (χ2n) is 3.41. The lowest BCUT2D eigenvalue weighted by atomic mass is 10.3. The van der Waals surface area contributed by atoms with Gasteiger partial charge in [0.2, 0.25) is 0 Å². The van der Waals surface area contributed by atoms with Crippen molar-refractivity contribution in [1.29, 1.82) is 0 Å². The molecule has 98 valence electrons. The van der Waals surface area contributed by atoms with Gasteiger partial charge in [-0.1, -0.05) is 13.5 Å². The van der Waals surface area contributed by atoms with Gasteiger partial charge in [0.1, 0.15) is 4.90 Å². The maximum Gasteiger partial charge on any atom is 0.358 e. The molecule has 0 saturated carbocycles. The second kappa shape index (κ2) is 5.77. The van der Waals surface area contributed by atoms with Crippen molar-refractivity contribution in [2.24, 2.45) is 0 Å². The number of carbonyl (C=O) groups is 1. The number of hydrogen-bond acceptors (Lipinski definition) is 5. The number of esters is 1. The van der Waals surface area contributed by atoms with Gasteiger partial charge in [0.15, 0.2) is 15.5 Å². The highest BCUT2D eigenvalue weighted by Gasteiger charge is 2.23. The summed E-state index contributed by atoms with van der Waals surface area (Å²) in [6.45, 7) is 6.83. The van der Waals surface area contributed by atoms with E-state index in [-0.39, 0.29) is 22.9 Å². The van der Waals surface area contributed by atoms with Gasteiger partial charge in [-0.3, -0.25) is 0 Å². The van der Waals surface area contributed by atoms with Crippen LogP contribution in [-0.2, 0) is 14.6 Å². The predicted molar refractivity (Wildman–Crippen MR) is 68.0 cm³/mol. The normalized spacial score (nSPS) is 11.0. The van der Waals surface area contributed by atoms with E-state index in [0.717, 1.165) is 0 Å². The molecule has 5 nitrogen and oxygen atoms in total. The molecule has 0 bridgehead atoms. The van der Waals surface area contributed by atoms with E-state index in [9.17, 15) is 13.2 Å². The van der Waals surface area contributed by atoms with Crippen molar-refractivity contribution in [2.75, 3.05) is 12.4 Å². The van der Waals surface area contributed by atoms with Crippen molar-refractivity contribution >= 4 is 21.9 Å². The summed E-state index contributed by atoms with van der Waals surface area (Å²) < 4.78 is 28.5. The minimum Gasteiger partial charge on any atom is -0.461 e. The molecule has 0 aliphatic rings. The fraction of sp³-hybridized carbons (Fsp3) is 0.333. The first kappa shape index (κ1) is 14.4. The molecule has 18 heavy (non-hydrogen) atoms. The van der Waals surface area contributed by atoms with Crippen LogP contribution in [0.2, 0.25) is 0 Å². The van der Waals surface area contributed by atoms with Crippen LogP contribution in [0.1, 0.15) is 30.0 Å². The average Bonchev–Trinajstić information content (AvgIpc) is 2.38. The van der Waals surface area contributed by atoms with E-state index in [1.54, 1.807) is 6.92 Å². The summed E-state index contributed by atoms with van der Waals surface area (Å²) in [5.41, 5.74) is 0.240. The minimum absolute atomic E-state index is 0.103. The molecule has 0 atom stereocenters. The van der Waals surface area contributed by atoms with Crippen LogP contribution in [0.4, 0.5) is 0 Å². The Balaban J connectivity index is 3.43. The first-order chi connectivity index (χ1) is 8.46. The van der Waals surface area contributed by atoms with Crippen molar-refractivity contribution in [1.82, 2.24) is 4.98 Å². The lowest BCUT2D eigenvalue weighted by Crippen LogP contribution is -2.15. The number of aromatic nitrogens is 1. The Hall–Kier alpha value is -1.69. The highest BCUT2D eigenvalue weighted by molar-refractivity contribution is 7.91. The largest absolute Gasteiger partial charge is 0.461 e. The van der Waals surface area contributed by atoms with Crippen molar-refractivity contribution in [3.63, 3.8) is 0 Å². The fourth-order valence-electron chi connectivity index (χ4n) is 1.33. The molecule has 1 aromatic heterocycles. The van der Waals surface area contributed by atoms with Gasteiger partial charge in [0, 0.05) is 0 Å². The Kier molecular flexibility index (Phi) is 4.61. The number of nitrogens with zero attached hydrogens (tertiary/aromatic N) is 1. The zero-order valence-electron chi connectivity index (χ0n) is 10.3. The molecule has 0 N–H and O–H groups in total. The van der Waals surface area contributed by atoms with E-state index < -0.39 is 15.8 Å². The van der Waals surface area contributed by atoms with Crippen molar-refractivity contribution in [3.8, 4) is 0 Å². The van der Waals surface area contributed by atoms with Crippen LogP contribution >= 0.6 is 0 Å². The van der Waals surface area contributed by atoms with E-state index in [2.05, 4.69) is 11.6 Å². The maximum absolute atomic E-state index is 11.9. The third kappa shape index (κ3) is 2.95. The topological polar surface area (TPSA) is 73.3 Å². The molecular formula is C12H15NO4S. The predicted octanol–water partition coefficient (Wildman–Crippen LogP) is 1.69. The van der Waals surface area contributed by atoms with Gasteiger partial charge in [0.25, 0.3) is 0 Å². The zero-order valence-corrected chi connectivity index (χ0v) is 11.2. The van der Waals surface area contributed by atoms with E-state index in [0.29, 0.717) is 5.69 Å². The molecule has 0 unspecified atom stereocenters. The second-order valence-corrected chi connectivity index (χ2v) is 5.66. The number of rotatable bonds is 5. The highest BCUT2D eigenvalue weighted by Crippen LogP contribution is 2.17. The Labute approximate surface area is 106 Å². The Morgan fingerprint density at radius 1 is 1.44 bits per heavy atom. The smallest absolute Gasteiger partial charge is 0.358 e. The van der Waals surface area contributed by atoms with Crippen molar-refractivity contribution < 1.29 is 17.9 Å². The zero-order chi connectivity index (χ0) is 13.8. The molecule has 1 heterocycles. The summed E-state index contributed by atoms with van der Waals surface area (Å²) in [7, 11) is -3.51. The highest BCUT2D eigenvalue weighted by atomic mass is 32.2. The quantitative estimate of drug-likeness (QED) is 0.760. The Morgan fingerprint density at radius 2 is 2.11 bits per heavy atom. The van der Waals surface area contributed by atoms with Crippen molar-refractivity contribution in [3.05, 3.63) is 30.1 Å². The molecule has 0 radical (unpaired) electrons. The minimum atomic E-state index is -3.51. The molecule has 0 amide bonds. The Morgan fingerprint density at radius 3 is 2.61 bits per heavy atom. The van der Waals surface area contributed by atoms with Gasteiger partial charge in [-0.2, -0.15) is 0 Å². The molecule has 0 aromatic carbocycles. The summed E-state index contributed by atoms with van der Waals surface area (Å²) >= 11 is 0. The Bertz CT molecular complexity index is 563. The van der Waals surface area contributed by atoms with Gasteiger partial charge >= 0.3 is 5.97 Å². The van der Waals surface area contributed by atoms with Crippen LogP contribution in [0.5, 0.6) is 0 Å². The van der Waals surface area contributed by atoms with Crippen LogP contribution < -0.4 is 0 Å². The molecule has 0 aliphatic carbocycles. The number of pyridine rings is 1. The first-order valence-electron chi connectivity index (χ1n) is 5.49. The third-order valence-corrected chi connectivity index (χ3v) is 4.03. The van der Waals surface area contributed by atoms with Crippen LogP contribution in [0.15, 0.2) is 23.6 Å². The van der Waals surface area contributed by atoms with E-state index in [4.69, 9.17) is 4.74 Å². The maximum atomic E-state index is 11.9. The van der Waals surface area contributed by atoms with Crippen LogP contribution in [0.3, 0.4) is 0 Å². The summed E-state index contributed by atoms with van der Waals surface area (Å²) in [6.07, 6.45) is 1.44. The van der Waals surface area contributed by atoms with Gasteiger partial charge < -0.3 is 4.74 Å². The van der Waals surface area contributed by atoms with E-state index >= 15 is 0 Å². The summed E-state index contributed by atoms with van der Waals surface area (Å²) in [5.74, 6) is -0.845. The van der Waals surface area contributed by atoms with E-state index in [1.165, 1.54) is 25.1 Å². The molecule has 1 aromatic rings. The van der Waals surface area contributed by atoms with Crippen LogP contribution in [-0.4, -0.2) is 31.7 Å². The van der Waals surface area contributed by atoms with Gasteiger partial charge in [-0.15, -0.1) is 0 Å². The molecule has 0 spiro atoms. The molecule has 0 aliphatic heterocycles. The van der Waals surface area contributed by atoms with E-state index in [1.807, 2.05) is 0 Å². The van der Waals surface area contributed by atoms with Gasteiger partial charge in [-0.25, -0.2) is 18.2 Å². The summed E-state index contributed by atoms with van der Waals surface area (Å²) in [4.78, 5) is 15.6. The van der Waals surface area contributed by atoms with Crippen LogP contribution in [0, 0.1) is 0 Å². The summed E-state index contributed by atoms with van der Waals surface area (Å²) in [6, 6.07) is 2.85. The standard InChI is InChI=1S/C12H15NO4S/c1-4-9-7-8-10(18(15,16)6-3)11(13-9)12(14)17-5-2/h4,7-8H,1,5-6H2,2-3H3. The number of sulfone groups is 1.